The van der Waals surface area contributed by atoms with Crippen LogP contribution in [0.4, 0.5) is 11.4 Å². The lowest BCUT2D eigenvalue weighted by Gasteiger charge is -2.12. The van der Waals surface area contributed by atoms with Crippen molar-refractivity contribution in [2.75, 3.05) is 16.6 Å². The third kappa shape index (κ3) is 5.86. The molecule has 0 atom stereocenters. The maximum Gasteiger partial charge on any atom is 0.262 e. The van der Waals surface area contributed by atoms with E-state index in [1.54, 1.807) is 12.1 Å². The molecule has 31 heavy (non-hydrogen) atoms. The van der Waals surface area contributed by atoms with E-state index < -0.39 is 10.0 Å². The van der Waals surface area contributed by atoms with Gasteiger partial charge in [-0.05, 0) is 92.4 Å². The van der Waals surface area contributed by atoms with Crippen molar-refractivity contribution in [2.24, 2.45) is 0 Å². The second-order valence-corrected chi connectivity index (χ2v) is 9.21. The van der Waals surface area contributed by atoms with Gasteiger partial charge in [-0.2, -0.15) is 0 Å². The Morgan fingerprint density at radius 3 is 2.19 bits per heavy atom. The van der Waals surface area contributed by atoms with E-state index in [0.717, 1.165) is 27.9 Å². The fraction of sp³-hybridized carbons (Fsp3) is 0.208. The van der Waals surface area contributed by atoms with Gasteiger partial charge >= 0.3 is 0 Å². The molecule has 3 rings (SSSR count). The number of amides is 1. The first-order valence-corrected chi connectivity index (χ1v) is 11.3. The van der Waals surface area contributed by atoms with E-state index in [0.29, 0.717) is 11.4 Å². The first-order valence-electron chi connectivity index (χ1n) is 9.84. The highest BCUT2D eigenvalue weighted by Gasteiger charge is 2.15. The summed E-state index contributed by atoms with van der Waals surface area (Å²) < 4.78 is 33.3. The number of nitrogens with one attached hydrogen (secondary N) is 2. The molecule has 0 radical (unpaired) electrons. The van der Waals surface area contributed by atoms with Crippen molar-refractivity contribution in [1.82, 2.24) is 0 Å². The van der Waals surface area contributed by atoms with Crippen molar-refractivity contribution in [3.8, 4) is 5.75 Å². The van der Waals surface area contributed by atoms with Crippen molar-refractivity contribution in [2.45, 2.75) is 32.6 Å². The van der Waals surface area contributed by atoms with Crippen LogP contribution in [0, 0.1) is 27.7 Å². The average molecular weight is 439 g/mol. The van der Waals surface area contributed by atoms with Gasteiger partial charge in [-0.25, -0.2) is 8.42 Å². The molecule has 1 amide bonds. The summed E-state index contributed by atoms with van der Waals surface area (Å²) in [5, 5.41) is 2.82. The van der Waals surface area contributed by atoms with Gasteiger partial charge in [0.15, 0.2) is 6.61 Å². The minimum Gasteiger partial charge on any atom is -0.484 e. The van der Waals surface area contributed by atoms with Crippen LogP contribution in [0.1, 0.15) is 22.3 Å². The number of ether oxygens (including phenoxy) is 1. The molecule has 0 aliphatic heterocycles. The van der Waals surface area contributed by atoms with Gasteiger partial charge in [0.25, 0.3) is 15.9 Å². The smallest absolute Gasteiger partial charge is 0.262 e. The van der Waals surface area contributed by atoms with E-state index in [2.05, 4.69) is 10.0 Å². The summed E-state index contributed by atoms with van der Waals surface area (Å²) in [4.78, 5) is 12.3. The molecule has 3 aromatic carbocycles. The van der Waals surface area contributed by atoms with Crippen LogP contribution in [0.25, 0.3) is 0 Å². The van der Waals surface area contributed by atoms with Crippen LogP contribution in [0.15, 0.2) is 65.6 Å². The fourth-order valence-electron chi connectivity index (χ4n) is 2.94. The second-order valence-electron chi connectivity index (χ2n) is 7.53. The number of carbonyl (C=O) groups excluding carboxylic acids is 1. The Bertz CT molecular complexity index is 1200. The Labute approximate surface area is 183 Å². The van der Waals surface area contributed by atoms with E-state index in [4.69, 9.17) is 4.74 Å². The highest BCUT2D eigenvalue weighted by Crippen LogP contribution is 2.21. The summed E-state index contributed by atoms with van der Waals surface area (Å²) in [6, 6.07) is 17.2. The zero-order valence-electron chi connectivity index (χ0n) is 18.0. The number of hydrogen-bond donors (Lipinski definition) is 2. The summed E-state index contributed by atoms with van der Waals surface area (Å²) in [6.07, 6.45) is 0. The number of benzene rings is 3. The number of sulfonamides is 1. The SMILES string of the molecule is Cc1ccc(C)c(NC(=O)COc2ccc(S(=O)(=O)Nc3ccc(C)c(C)c3)cc2)c1. The van der Waals surface area contributed by atoms with E-state index in [9.17, 15) is 13.2 Å². The van der Waals surface area contributed by atoms with Gasteiger partial charge < -0.3 is 10.1 Å². The van der Waals surface area contributed by atoms with E-state index in [1.807, 2.05) is 52.0 Å². The predicted molar refractivity (Wildman–Crippen MR) is 123 cm³/mol. The van der Waals surface area contributed by atoms with Crippen LogP contribution >= 0.6 is 0 Å². The quantitative estimate of drug-likeness (QED) is 0.558. The Morgan fingerprint density at radius 1 is 0.839 bits per heavy atom. The number of rotatable bonds is 7. The Balaban J connectivity index is 1.60. The van der Waals surface area contributed by atoms with Gasteiger partial charge in [-0.1, -0.05) is 18.2 Å². The molecule has 0 unspecified atom stereocenters. The first kappa shape index (κ1) is 22.4. The standard InChI is InChI=1S/C24H26N2O4S/c1-16-5-6-18(3)23(13-16)25-24(27)15-30-21-9-11-22(12-10-21)31(28,29)26-20-8-7-17(2)19(4)14-20/h5-14,26H,15H2,1-4H3,(H,25,27). The van der Waals surface area contributed by atoms with Gasteiger partial charge in [0.1, 0.15) is 5.75 Å². The molecular formula is C24H26N2O4S. The predicted octanol–water partition coefficient (Wildman–Crippen LogP) is 4.74. The molecule has 0 saturated heterocycles. The Hall–Kier alpha value is -3.32. The summed E-state index contributed by atoms with van der Waals surface area (Å²) in [6.45, 7) is 7.59. The summed E-state index contributed by atoms with van der Waals surface area (Å²) in [5.74, 6) is 0.114. The highest BCUT2D eigenvalue weighted by atomic mass is 32.2. The largest absolute Gasteiger partial charge is 0.484 e. The molecule has 0 spiro atoms. The van der Waals surface area contributed by atoms with Gasteiger partial charge in [-0.15, -0.1) is 0 Å². The monoisotopic (exact) mass is 438 g/mol. The molecule has 0 bridgehead atoms. The van der Waals surface area contributed by atoms with Crippen LogP contribution in [0.3, 0.4) is 0 Å². The number of anilines is 2. The van der Waals surface area contributed by atoms with Gasteiger partial charge in [0.05, 0.1) is 4.90 Å². The van der Waals surface area contributed by atoms with E-state index in [-0.39, 0.29) is 17.4 Å². The Kier molecular flexibility index (Phi) is 6.65. The second kappa shape index (κ2) is 9.22. The Morgan fingerprint density at radius 2 is 1.52 bits per heavy atom. The highest BCUT2D eigenvalue weighted by molar-refractivity contribution is 7.92. The topological polar surface area (TPSA) is 84.5 Å². The lowest BCUT2D eigenvalue weighted by atomic mass is 10.1. The zero-order chi connectivity index (χ0) is 22.6. The maximum absolute atomic E-state index is 12.6. The van der Waals surface area contributed by atoms with Crippen molar-refractivity contribution in [1.29, 1.82) is 0 Å². The molecule has 0 saturated carbocycles. The summed E-state index contributed by atoms with van der Waals surface area (Å²) in [7, 11) is -3.73. The van der Waals surface area contributed by atoms with Gasteiger partial charge in [0, 0.05) is 11.4 Å². The molecule has 7 heteroatoms. The lowest BCUT2D eigenvalue weighted by molar-refractivity contribution is -0.118. The summed E-state index contributed by atoms with van der Waals surface area (Å²) >= 11 is 0. The number of aryl methyl sites for hydroxylation is 4. The summed E-state index contributed by atoms with van der Waals surface area (Å²) in [5.41, 5.74) is 5.35. The molecule has 0 aromatic heterocycles. The van der Waals surface area contributed by atoms with Crippen molar-refractivity contribution < 1.29 is 17.9 Å². The average Bonchev–Trinajstić information content (AvgIpc) is 2.72. The fourth-order valence-corrected chi connectivity index (χ4v) is 3.99. The third-order valence-corrected chi connectivity index (χ3v) is 6.33. The maximum atomic E-state index is 12.6. The molecule has 0 heterocycles. The van der Waals surface area contributed by atoms with E-state index in [1.165, 1.54) is 24.3 Å². The van der Waals surface area contributed by atoms with Gasteiger partial charge in [-0.3, -0.25) is 9.52 Å². The van der Waals surface area contributed by atoms with E-state index >= 15 is 0 Å². The zero-order valence-corrected chi connectivity index (χ0v) is 18.8. The molecule has 0 fully saturated rings. The molecule has 3 aromatic rings. The lowest BCUT2D eigenvalue weighted by Crippen LogP contribution is -2.20. The number of carbonyl (C=O) groups is 1. The van der Waals surface area contributed by atoms with Crippen LogP contribution < -0.4 is 14.8 Å². The first-order chi connectivity index (χ1) is 14.6. The normalized spacial score (nSPS) is 11.1. The van der Waals surface area contributed by atoms with Crippen LogP contribution in [0.5, 0.6) is 5.75 Å². The van der Waals surface area contributed by atoms with Gasteiger partial charge in [0.2, 0.25) is 0 Å². The molecule has 0 aliphatic rings. The molecule has 0 aliphatic carbocycles. The van der Waals surface area contributed by atoms with Crippen LogP contribution in [-0.4, -0.2) is 20.9 Å². The minimum atomic E-state index is -3.73. The van der Waals surface area contributed by atoms with Crippen molar-refractivity contribution in [3.63, 3.8) is 0 Å². The van der Waals surface area contributed by atoms with Crippen LogP contribution in [0.2, 0.25) is 0 Å². The third-order valence-electron chi connectivity index (χ3n) is 4.93. The van der Waals surface area contributed by atoms with Crippen LogP contribution in [-0.2, 0) is 14.8 Å². The molecule has 6 nitrogen and oxygen atoms in total. The minimum absolute atomic E-state index is 0.109. The molecule has 2 N–H and O–H groups in total. The van der Waals surface area contributed by atoms with Crippen molar-refractivity contribution >= 4 is 27.3 Å². The molecule has 162 valence electrons. The van der Waals surface area contributed by atoms with Crippen molar-refractivity contribution in [3.05, 3.63) is 82.9 Å². The number of hydrogen-bond acceptors (Lipinski definition) is 4. The molecular weight excluding hydrogens is 412 g/mol.